The number of rotatable bonds is 4. The molecule has 0 saturated heterocycles. The first-order chi connectivity index (χ1) is 8.74. The number of ketones is 1. The quantitative estimate of drug-likeness (QED) is 0.765. The van der Waals surface area contributed by atoms with Crippen molar-refractivity contribution < 1.29 is 9.53 Å². The fourth-order valence-electron chi connectivity index (χ4n) is 1.82. The van der Waals surface area contributed by atoms with Gasteiger partial charge in [0, 0.05) is 11.1 Å². The van der Waals surface area contributed by atoms with Gasteiger partial charge in [0.05, 0.1) is 7.11 Å². The number of methoxy groups -OCH3 is 1. The molecule has 92 valence electrons. The maximum Gasteiger partial charge on any atom is 0.193 e. The molecule has 2 aromatic carbocycles. The van der Waals surface area contributed by atoms with Crippen LogP contribution in [0.3, 0.4) is 0 Å². The first-order valence-electron chi connectivity index (χ1n) is 6.02. The maximum atomic E-state index is 12.3. The number of hydrogen-bond acceptors (Lipinski definition) is 2. The predicted octanol–water partition coefficient (Wildman–Crippen LogP) is 3.49. The van der Waals surface area contributed by atoms with Crippen LogP contribution in [-0.4, -0.2) is 12.9 Å². The third-order valence-corrected chi connectivity index (χ3v) is 2.96. The van der Waals surface area contributed by atoms with Crippen molar-refractivity contribution in [1.82, 2.24) is 0 Å². The average Bonchev–Trinajstić information content (AvgIpc) is 2.46. The lowest BCUT2D eigenvalue weighted by atomic mass is 10.0. The Morgan fingerprint density at radius 1 is 1.06 bits per heavy atom. The average molecular weight is 240 g/mol. The Morgan fingerprint density at radius 3 is 2.39 bits per heavy atom. The Labute approximate surface area is 107 Å². The number of ether oxygens (including phenoxy) is 1. The number of carbonyl (C=O) groups is 1. The van der Waals surface area contributed by atoms with Gasteiger partial charge in [-0.3, -0.25) is 4.79 Å². The van der Waals surface area contributed by atoms with Gasteiger partial charge < -0.3 is 4.74 Å². The van der Waals surface area contributed by atoms with Crippen LogP contribution in [0.1, 0.15) is 28.4 Å². The standard InChI is InChI=1S/C16H16O2/c1-3-12-7-9-13(10-8-12)16(17)14-5-4-6-15(11-14)18-2/h4-11H,3H2,1-2H3. The number of carbonyl (C=O) groups excluding carboxylic acids is 1. The van der Waals surface area contributed by atoms with Crippen LogP contribution in [0.4, 0.5) is 0 Å². The summed E-state index contributed by atoms with van der Waals surface area (Å²) in [6.07, 6.45) is 0.980. The van der Waals surface area contributed by atoms with Crippen LogP contribution in [-0.2, 0) is 6.42 Å². The van der Waals surface area contributed by atoms with Gasteiger partial charge in [0.25, 0.3) is 0 Å². The first kappa shape index (κ1) is 12.4. The highest BCUT2D eigenvalue weighted by Crippen LogP contribution is 2.16. The minimum atomic E-state index is 0.0246. The molecule has 0 aliphatic heterocycles. The van der Waals surface area contributed by atoms with Crippen LogP contribution in [0.15, 0.2) is 48.5 Å². The van der Waals surface area contributed by atoms with Crippen LogP contribution in [0.5, 0.6) is 5.75 Å². The van der Waals surface area contributed by atoms with E-state index in [1.807, 2.05) is 36.4 Å². The van der Waals surface area contributed by atoms with Crippen molar-refractivity contribution in [2.24, 2.45) is 0 Å². The lowest BCUT2D eigenvalue weighted by Gasteiger charge is -2.04. The molecule has 2 aromatic rings. The van der Waals surface area contributed by atoms with Crippen LogP contribution < -0.4 is 4.74 Å². The smallest absolute Gasteiger partial charge is 0.193 e. The van der Waals surface area contributed by atoms with E-state index in [1.54, 1.807) is 19.2 Å². The van der Waals surface area contributed by atoms with Crippen LogP contribution in [0.2, 0.25) is 0 Å². The molecule has 2 rings (SSSR count). The predicted molar refractivity (Wildman–Crippen MR) is 72.2 cm³/mol. The summed E-state index contributed by atoms with van der Waals surface area (Å²) in [7, 11) is 1.60. The highest BCUT2D eigenvalue weighted by Gasteiger charge is 2.09. The van der Waals surface area contributed by atoms with Gasteiger partial charge >= 0.3 is 0 Å². The maximum absolute atomic E-state index is 12.3. The van der Waals surface area contributed by atoms with E-state index in [0.29, 0.717) is 16.9 Å². The van der Waals surface area contributed by atoms with Gasteiger partial charge in [0.15, 0.2) is 5.78 Å². The molecular weight excluding hydrogens is 224 g/mol. The zero-order valence-corrected chi connectivity index (χ0v) is 10.6. The zero-order valence-electron chi connectivity index (χ0n) is 10.6. The summed E-state index contributed by atoms with van der Waals surface area (Å²) in [6, 6.07) is 15.0. The van der Waals surface area contributed by atoms with Gasteiger partial charge in [-0.05, 0) is 24.1 Å². The minimum Gasteiger partial charge on any atom is -0.497 e. The Kier molecular flexibility index (Phi) is 3.78. The number of aryl methyl sites for hydroxylation is 1. The topological polar surface area (TPSA) is 26.3 Å². The van der Waals surface area contributed by atoms with Crippen LogP contribution in [0.25, 0.3) is 0 Å². The second-order valence-corrected chi connectivity index (χ2v) is 4.11. The van der Waals surface area contributed by atoms with Crippen molar-refractivity contribution in [2.45, 2.75) is 13.3 Å². The summed E-state index contributed by atoms with van der Waals surface area (Å²) in [5.41, 5.74) is 2.59. The fourth-order valence-corrected chi connectivity index (χ4v) is 1.82. The van der Waals surface area contributed by atoms with Crippen molar-refractivity contribution in [1.29, 1.82) is 0 Å². The Balaban J connectivity index is 2.29. The molecule has 18 heavy (non-hydrogen) atoms. The molecule has 2 heteroatoms. The monoisotopic (exact) mass is 240 g/mol. The van der Waals surface area contributed by atoms with Gasteiger partial charge in [-0.15, -0.1) is 0 Å². The molecule has 0 aliphatic rings. The van der Waals surface area contributed by atoms with E-state index in [0.717, 1.165) is 6.42 Å². The third kappa shape index (κ3) is 2.59. The number of benzene rings is 2. The van der Waals surface area contributed by atoms with Crippen molar-refractivity contribution in [3.05, 3.63) is 65.2 Å². The summed E-state index contributed by atoms with van der Waals surface area (Å²) in [5, 5.41) is 0. The summed E-state index contributed by atoms with van der Waals surface area (Å²) >= 11 is 0. The van der Waals surface area contributed by atoms with Crippen molar-refractivity contribution >= 4 is 5.78 Å². The largest absolute Gasteiger partial charge is 0.497 e. The first-order valence-corrected chi connectivity index (χ1v) is 6.02. The lowest BCUT2D eigenvalue weighted by molar-refractivity contribution is 0.103. The molecule has 0 amide bonds. The van der Waals surface area contributed by atoms with E-state index >= 15 is 0 Å². The molecule has 0 saturated carbocycles. The van der Waals surface area contributed by atoms with E-state index < -0.39 is 0 Å². The Morgan fingerprint density at radius 2 is 1.78 bits per heavy atom. The van der Waals surface area contributed by atoms with Crippen molar-refractivity contribution in [3.8, 4) is 5.75 Å². The highest BCUT2D eigenvalue weighted by molar-refractivity contribution is 6.09. The molecule has 0 atom stereocenters. The molecular formula is C16H16O2. The second-order valence-electron chi connectivity index (χ2n) is 4.11. The third-order valence-electron chi connectivity index (χ3n) is 2.96. The fraction of sp³-hybridized carbons (Fsp3) is 0.188. The molecule has 0 aliphatic carbocycles. The van der Waals surface area contributed by atoms with Gasteiger partial charge in [-0.1, -0.05) is 43.3 Å². The van der Waals surface area contributed by atoms with E-state index in [4.69, 9.17) is 4.74 Å². The summed E-state index contributed by atoms with van der Waals surface area (Å²) < 4.78 is 5.13. The minimum absolute atomic E-state index is 0.0246. The van der Waals surface area contributed by atoms with Crippen LogP contribution in [0, 0.1) is 0 Å². The van der Waals surface area contributed by atoms with E-state index in [2.05, 4.69) is 6.92 Å². The van der Waals surface area contributed by atoms with Gasteiger partial charge in [-0.2, -0.15) is 0 Å². The molecule has 0 N–H and O–H groups in total. The normalized spacial score (nSPS) is 10.1. The van der Waals surface area contributed by atoms with Gasteiger partial charge in [0.2, 0.25) is 0 Å². The molecule has 0 heterocycles. The zero-order chi connectivity index (χ0) is 13.0. The molecule has 0 unspecified atom stereocenters. The van der Waals surface area contributed by atoms with Crippen molar-refractivity contribution in [2.75, 3.05) is 7.11 Å². The van der Waals surface area contributed by atoms with Crippen LogP contribution >= 0.6 is 0 Å². The summed E-state index contributed by atoms with van der Waals surface area (Å²) in [4.78, 5) is 12.3. The van der Waals surface area contributed by atoms with E-state index in [1.165, 1.54) is 5.56 Å². The van der Waals surface area contributed by atoms with E-state index in [-0.39, 0.29) is 5.78 Å². The molecule has 0 fully saturated rings. The SMILES string of the molecule is CCc1ccc(C(=O)c2cccc(OC)c2)cc1. The molecule has 0 bridgehead atoms. The highest BCUT2D eigenvalue weighted by atomic mass is 16.5. The molecule has 0 radical (unpaired) electrons. The van der Waals surface area contributed by atoms with E-state index in [9.17, 15) is 4.79 Å². The lowest BCUT2D eigenvalue weighted by Crippen LogP contribution is -2.01. The summed E-state index contributed by atoms with van der Waals surface area (Å²) in [6.45, 7) is 2.10. The van der Waals surface area contributed by atoms with Crippen molar-refractivity contribution in [3.63, 3.8) is 0 Å². The molecule has 0 aromatic heterocycles. The Hall–Kier alpha value is -2.09. The Bertz CT molecular complexity index is 541. The summed E-state index contributed by atoms with van der Waals surface area (Å²) in [5.74, 6) is 0.725. The second kappa shape index (κ2) is 5.50. The molecule has 2 nitrogen and oxygen atoms in total. The van der Waals surface area contributed by atoms with Gasteiger partial charge in [-0.25, -0.2) is 0 Å². The molecule has 0 spiro atoms. The van der Waals surface area contributed by atoms with Gasteiger partial charge in [0.1, 0.15) is 5.75 Å². The number of hydrogen-bond donors (Lipinski definition) is 0.